The van der Waals surface area contributed by atoms with E-state index in [1.165, 1.54) is 13.3 Å². The summed E-state index contributed by atoms with van der Waals surface area (Å²) in [6, 6.07) is 3.15. The fourth-order valence-electron chi connectivity index (χ4n) is 1.27. The summed E-state index contributed by atoms with van der Waals surface area (Å²) in [5.41, 5.74) is 5.08. The monoisotopic (exact) mass is 235 g/mol. The number of carbonyl (C=O) groups excluding carboxylic acids is 2. The van der Waals surface area contributed by atoms with Gasteiger partial charge in [-0.3, -0.25) is 20.4 Å². The number of aromatic nitrogens is 1. The largest absolute Gasteiger partial charge is 0.481 e. The maximum Gasteiger partial charge on any atom is 0.271 e. The molecule has 0 radical (unpaired) electrons. The highest BCUT2D eigenvalue weighted by Crippen LogP contribution is 2.28. The van der Waals surface area contributed by atoms with Gasteiger partial charge in [0, 0.05) is 18.2 Å². The number of carbonyl (C=O) groups is 2. The molecular formula is C11H13N3O3. The second-order valence-corrected chi connectivity index (χ2v) is 3.81. The molecule has 2 N–H and O–H groups in total. The first kappa shape index (κ1) is 11.4. The normalized spacial score (nSPS) is 13.9. The van der Waals surface area contributed by atoms with Gasteiger partial charge in [-0.05, 0) is 18.9 Å². The zero-order chi connectivity index (χ0) is 12.3. The summed E-state index contributed by atoms with van der Waals surface area (Å²) in [6.07, 6.45) is 3.18. The molecule has 6 heteroatoms. The number of amides is 2. The molecule has 0 atom stereocenters. The SMILES string of the molecule is COc1ccc(C(=O)NNC(=O)C2CC2)cn1. The van der Waals surface area contributed by atoms with E-state index in [1.807, 2.05) is 0 Å². The lowest BCUT2D eigenvalue weighted by atomic mass is 10.3. The molecule has 1 fully saturated rings. The molecule has 1 heterocycles. The van der Waals surface area contributed by atoms with Crippen LogP contribution >= 0.6 is 0 Å². The summed E-state index contributed by atoms with van der Waals surface area (Å²) < 4.78 is 4.87. The quantitative estimate of drug-likeness (QED) is 0.736. The predicted molar refractivity (Wildman–Crippen MR) is 59.1 cm³/mol. The lowest BCUT2D eigenvalue weighted by molar-refractivity contribution is -0.123. The third-order valence-electron chi connectivity index (χ3n) is 2.46. The Morgan fingerprint density at radius 2 is 2.12 bits per heavy atom. The van der Waals surface area contributed by atoms with Crippen molar-refractivity contribution in [1.29, 1.82) is 0 Å². The average Bonchev–Trinajstić information content (AvgIpc) is 3.20. The van der Waals surface area contributed by atoms with Crippen LogP contribution in [0.3, 0.4) is 0 Å². The van der Waals surface area contributed by atoms with Crippen LogP contribution in [-0.2, 0) is 4.79 Å². The average molecular weight is 235 g/mol. The number of methoxy groups -OCH3 is 1. The van der Waals surface area contributed by atoms with E-state index in [4.69, 9.17) is 4.74 Å². The van der Waals surface area contributed by atoms with Crippen LogP contribution in [-0.4, -0.2) is 23.9 Å². The van der Waals surface area contributed by atoms with E-state index in [0.717, 1.165) is 12.8 Å². The van der Waals surface area contributed by atoms with Gasteiger partial charge in [0.1, 0.15) is 0 Å². The summed E-state index contributed by atoms with van der Waals surface area (Å²) >= 11 is 0. The fourth-order valence-corrected chi connectivity index (χ4v) is 1.27. The Morgan fingerprint density at radius 3 is 2.65 bits per heavy atom. The molecule has 17 heavy (non-hydrogen) atoms. The number of ether oxygens (including phenoxy) is 1. The number of hydrogen-bond donors (Lipinski definition) is 2. The van der Waals surface area contributed by atoms with Crippen molar-refractivity contribution in [2.75, 3.05) is 7.11 Å². The molecule has 0 bridgehead atoms. The Bertz CT molecular complexity index is 426. The van der Waals surface area contributed by atoms with Crippen molar-refractivity contribution in [2.24, 2.45) is 5.92 Å². The highest BCUT2D eigenvalue weighted by Gasteiger charge is 2.29. The molecule has 1 saturated carbocycles. The van der Waals surface area contributed by atoms with Gasteiger partial charge in [0.2, 0.25) is 11.8 Å². The number of hydrogen-bond acceptors (Lipinski definition) is 4. The smallest absolute Gasteiger partial charge is 0.271 e. The summed E-state index contributed by atoms with van der Waals surface area (Å²) in [5.74, 6) is -0.0400. The van der Waals surface area contributed by atoms with E-state index in [9.17, 15) is 9.59 Å². The highest BCUT2D eigenvalue weighted by molar-refractivity contribution is 5.95. The Morgan fingerprint density at radius 1 is 1.35 bits per heavy atom. The molecule has 1 aromatic rings. The summed E-state index contributed by atoms with van der Waals surface area (Å²) in [7, 11) is 1.50. The Hall–Kier alpha value is -2.11. The van der Waals surface area contributed by atoms with Gasteiger partial charge >= 0.3 is 0 Å². The third-order valence-corrected chi connectivity index (χ3v) is 2.46. The van der Waals surface area contributed by atoms with Gasteiger partial charge < -0.3 is 4.74 Å². The van der Waals surface area contributed by atoms with Gasteiger partial charge in [0.15, 0.2) is 0 Å². The van der Waals surface area contributed by atoms with E-state index in [0.29, 0.717) is 11.4 Å². The second-order valence-electron chi connectivity index (χ2n) is 3.81. The Balaban J connectivity index is 1.87. The minimum Gasteiger partial charge on any atom is -0.481 e. The van der Waals surface area contributed by atoms with Crippen LogP contribution in [0.2, 0.25) is 0 Å². The molecular weight excluding hydrogens is 222 g/mol. The number of nitrogens with zero attached hydrogens (tertiary/aromatic N) is 1. The second kappa shape index (κ2) is 4.82. The maximum absolute atomic E-state index is 11.6. The van der Waals surface area contributed by atoms with Crippen molar-refractivity contribution in [1.82, 2.24) is 15.8 Å². The van der Waals surface area contributed by atoms with Crippen LogP contribution < -0.4 is 15.6 Å². The van der Waals surface area contributed by atoms with Crippen molar-refractivity contribution in [2.45, 2.75) is 12.8 Å². The van der Waals surface area contributed by atoms with Crippen molar-refractivity contribution >= 4 is 11.8 Å². The van der Waals surface area contributed by atoms with Crippen LogP contribution in [0, 0.1) is 5.92 Å². The van der Waals surface area contributed by atoms with Crippen LogP contribution in [0.5, 0.6) is 5.88 Å². The van der Waals surface area contributed by atoms with Gasteiger partial charge in [-0.1, -0.05) is 0 Å². The third kappa shape index (κ3) is 2.93. The molecule has 90 valence electrons. The molecule has 0 aromatic carbocycles. The van der Waals surface area contributed by atoms with Crippen LogP contribution in [0.1, 0.15) is 23.2 Å². The van der Waals surface area contributed by atoms with E-state index >= 15 is 0 Å². The topological polar surface area (TPSA) is 80.3 Å². The van der Waals surface area contributed by atoms with Crippen LogP contribution in [0.25, 0.3) is 0 Å². The zero-order valence-electron chi connectivity index (χ0n) is 9.40. The van der Waals surface area contributed by atoms with E-state index in [1.54, 1.807) is 12.1 Å². The number of pyridine rings is 1. The van der Waals surface area contributed by atoms with Gasteiger partial charge in [0.25, 0.3) is 5.91 Å². The first-order chi connectivity index (χ1) is 8.20. The summed E-state index contributed by atoms with van der Waals surface area (Å²) in [4.78, 5) is 26.8. The lowest BCUT2D eigenvalue weighted by Gasteiger charge is -2.06. The molecule has 6 nitrogen and oxygen atoms in total. The van der Waals surface area contributed by atoms with E-state index in [2.05, 4.69) is 15.8 Å². The van der Waals surface area contributed by atoms with E-state index < -0.39 is 5.91 Å². The first-order valence-electron chi connectivity index (χ1n) is 5.31. The lowest BCUT2D eigenvalue weighted by Crippen LogP contribution is -2.42. The van der Waals surface area contributed by atoms with Crippen LogP contribution in [0.4, 0.5) is 0 Å². The number of rotatable bonds is 3. The molecule has 2 amide bonds. The molecule has 1 aliphatic rings. The standard InChI is InChI=1S/C11H13N3O3/c1-17-9-5-4-8(6-12-9)11(16)14-13-10(15)7-2-3-7/h4-7H,2-3H2,1H3,(H,13,15)(H,14,16). The highest BCUT2D eigenvalue weighted by atomic mass is 16.5. The molecule has 0 saturated heterocycles. The minimum atomic E-state index is -0.394. The van der Waals surface area contributed by atoms with Crippen molar-refractivity contribution in [3.05, 3.63) is 23.9 Å². The molecule has 0 spiro atoms. The molecule has 0 aliphatic heterocycles. The van der Waals surface area contributed by atoms with Gasteiger partial charge in [0.05, 0.1) is 12.7 Å². The predicted octanol–water partition coefficient (Wildman–Crippen LogP) is 0.261. The fraction of sp³-hybridized carbons (Fsp3) is 0.364. The number of hydrazine groups is 1. The van der Waals surface area contributed by atoms with Gasteiger partial charge in [-0.15, -0.1) is 0 Å². The van der Waals surface area contributed by atoms with Gasteiger partial charge in [-0.2, -0.15) is 0 Å². The van der Waals surface area contributed by atoms with Gasteiger partial charge in [-0.25, -0.2) is 4.98 Å². The van der Waals surface area contributed by atoms with Crippen molar-refractivity contribution in [3.63, 3.8) is 0 Å². The maximum atomic E-state index is 11.6. The molecule has 1 aliphatic carbocycles. The van der Waals surface area contributed by atoms with Crippen LogP contribution in [0.15, 0.2) is 18.3 Å². The first-order valence-corrected chi connectivity index (χ1v) is 5.31. The molecule has 0 unspecified atom stereocenters. The number of nitrogens with one attached hydrogen (secondary N) is 2. The molecule has 2 rings (SSSR count). The zero-order valence-corrected chi connectivity index (χ0v) is 9.40. The summed E-state index contributed by atoms with van der Waals surface area (Å²) in [5, 5.41) is 0. The Kier molecular flexibility index (Phi) is 3.22. The minimum absolute atomic E-state index is 0.0595. The summed E-state index contributed by atoms with van der Waals surface area (Å²) in [6.45, 7) is 0. The van der Waals surface area contributed by atoms with E-state index in [-0.39, 0.29) is 11.8 Å². The Labute approximate surface area is 98.3 Å². The molecule has 1 aromatic heterocycles. The van der Waals surface area contributed by atoms with Crippen molar-refractivity contribution < 1.29 is 14.3 Å². The van der Waals surface area contributed by atoms with Crippen molar-refractivity contribution in [3.8, 4) is 5.88 Å².